The van der Waals surface area contributed by atoms with Crippen molar-refractivity contribution in [1.29, 1.82) is 0 Å². The van der Waals surface area contributed by atoms with Crippen molar-refractivity contribution in [2.24, 2.45) is 0 Å². The molecule has 9 heteroatoms. The van der Waals surface area contributed by atoms with Crippen molar-refractivity contribution in [3.8, 4) is 0 Å². The molecule has 0 unspecified atom stereocenters. The molecule has 148 valence electrons. The minimum Gasteiger partial charge on any atom is -0.300 e. The summed E-state index contributed by atoms with van der Waals surface area (Å²) >= 11 is 2.91. The number of nitrogens with zero attached hydrogens (tertiary/aromatic N) is 5. The Kier molecular flexibility index (Phi) is 5.59. The SMILES string of the molecule is C=CCSc1nnc(NC(=O)CCc2c(C)nc3c4ccccc4nn3c2C)s1. The third-order valence-electron chi connectivity index (χ3n) is 4.60. The molecule has 0 bridgehead atoms. The van der Waals surface area contributed by atoms with Crippen LogP contribution in [0.1, 0.15) is 23.4 Å². The predicted octanol–water partition coefficient (Wildman–Crippen LogP) is 4.20. The van der Waals surface area contributed by atoms with Crippen LogP contribution in [0.4, 0.5) is 5.13 Å². The molecule has 0 saturated heterocycles. The molecule has 0 radical (unpaired) electrons. The minimum atomic E-state index is -0.0917. The van der Waals surface area contributed by atoms with Crippen LogP contribution in [0.25, 0.3) is 16.6 Å². The molecule has 1 amide bonds. The maximum Gasteiger partial charge on any atom is 0.226 e. The van der Waals surface area contributed by atoms with Gasteiger partial charge in [0.2, 0.25) is 11.0 Å². The van der Waals surface area contributed by atoms with E-state index in [1.807, 2.05) is 48.7 Å². The van der Waals surface area contributed by atoms with E-state index in [-0.39, 0.29) is 5.91 Å². The fourth-order valence-electron chi connectivity index (χ4n) is 3.21. The van der Waals surface area contributed by atoms with Crippen LogP contribution in [0.3, 0.4) is 0 Å². The first-order valence-electron chi connectivity index (χ1n) is 9.17. The van der Waals surface area contributed by atoms with Crippen LogP contribution in [0.15, 0.2) is 41.3 Å². The van der Waals surface area contributed by atoms with E-state index < -0.39 is 0 Å². The van der Waals surface area contributed by atoms with Crippen LogP contribution in [0.2, 0.25) is 0 Å². The van der Waals surface area contributed by atoms with Crippen LogP contribution in [-0.2, 0) is 11.2 Å². The molecule has 4 aromatic rings. The van der Waals surface area contributed by atoms with Crippen molar-refractivity contribution in [2.45, 2.75) is 31.0 Å². The molecular formula is C20H20N6OS2. The van der Waals surface area contributed by atoms with Crippen LogP contribution in [0, 0.1) is 13.8 Å². The Morgan fingerprint density at radius 3 is 2.97 bits per heavy atom. The lowest BCUT2D eigenvalue weighted by molar-refractivity contribution is -0.116. The lowest BCUT2D eigenvalue weighted by Crippen LogP contribution is -2.14. The molecule has 7 nitrogen and oxygen atoms in total. The van der Waals surface area contributed by atoms with Gasteiger partial charge in [-0.3, -0.25) is 4.79 Å². The molecule has 0 atom stereocenters. The topological polar surface area (TPSA) is 85.1 Å². The normalized spacial score (nSPS) is 11.2. The molecule has 0 saturated carbocycles. The molecule has 29 heavy (non-hydrogen) atoms. The van der Waals surface area contributed by atoms with Crippen LogP contribution < -0.4 is 5.32 Å². The van der Waals surface area contributed by atoms with Gasteiger partial charge >= 0.3 is 0 Å². The van der Waals surface area contributed by atoms with E-state index in [4.69, 9.17) is 4.98 Å². The van der Waals surface area contributed by atoms with Gasteiger partial charge < -0.3 is 5.32 Å². The highest BCUT2D eigenvalue weighted by molar-refractivity contribution is 8.01. The Labute approximate surface area is 176 Å². The number of fused-ring (bicyclic) bond motifs is 3. The first kappa shape index (κ1) is 19.5. The lowest BCUT2D eigenvalue weighted by Gasteiger charge is -2.10. The largest absolute Gasteiger partial charge is 0.300 e. The van der Waals surface area contributed by atoms with Gasteiger partial charge in [-0.1, -0.05) is 41.3 Å². The summed E-state index contributed by atoms with van der Waals surface area (Å²) in [7, 11) is 0. The highest BCUT2D eigenvalue weighted by Gasteiger charge is 2.15. The van der Waals surface area contributed by atoms with Gasteiger partial charge in [-0.25, -0.2) is 9.50 Å². The molecule has 0 aliphatic rings. The summed E-state index contributed by atoms with van der Waals surface area (Å²) in [5.74, 6) is 0.671. The Morgan fingerprint density at radius 2 is 2.14 bits per heavy atom. The van der Waals surface area contributed by atoms with Gasteiger partial charge in [0.05, 0.1) is 5.52 Å². The predicted molar refractivity (Wildman–Crippen MR) is 118 cm³/mol. The Hall–Kier alpha value is -2.78. The van der Waals surface area contributed by atoms with E-state index in [1.54, 1.807) is 11.8 Å². The van der Waals surface area contributed by atoms with E-state index in [9.17, 15) is 4.79 Å². The summed E-state index contributed by atoms with van der Waals surface area (Å²) in [4.78, 5) is 17.2. The number of aromatic nitrogens is 5. The van der Waals surface area contributed by atoms with Gasteiger partial charge in [0.25, 0.3) is 0 Å². The van der Waals surface area contributed by atoms with Gasteiger partial charge in [-0.2, -0.15) is 5.10 Å². The summed E-state index contributed by atoms with van der Waals surface area (Å²) < 4.78 is 2.69. The molecule has 0 aliphatic carbocycles. The summed E-state index contributed by atoms with van der Waals surface area (Å²) in [6, 6.07) is 7.97. The van der Waals surface area contributed by atoms with Crippen LogP contribution in [-0.4, -0.2) is 36.5 Å². The Morgan fingerprint density at radius 1 is 1.31 bits per heavy atom. The molecule has 3 heterocycles. The van der Waals surface area contributed by atoms with Gasteiger partial charge in [-0.05, 0) is 38.0 Å². The smallest absolute Gasteiger partial charge is 0.226 e. The number of thioether (sulfide) groups is 1. The zero-order valence-corrected chi connectivity index (χ0v) is 17.8. The van der Waals surface area contributed by atoms with Crippen molar-refractivity contribution >= 4 is 50.7 Å². The van der Waals surface area contributed by atoms with Gasteiger partial charge in [0.1, 0.15) is 0 Å². The number of hydrogen-bond donors (Lipinski definition) is 1. The van der Waals surface area contributed by atoms with E-state index in [0.29, 0.717) is 18.0 Å². The van der Waals surface area contributed by atoms with Gasteiger partial charge in [0, 0.05) is 28.9 Å². The first-order valence-corrected chi connectivity index (χ1v) is 11.0. The minimum absolute atomic E-state index is 0.0917. The third-order valence-corrected chi connectivity index (χ3v) is 6.57. The second-order valence-corrected chi connectivity index (χ2v) is 8.78. The second-order valence-electron chi connectivity index (χ2n) is 6.53. The number of aryl methyl sites for hydroxylation is 2. The van der Waals surface area contributed by atoms with Crippen molar-refractivity contribution < 1.29 is 4.79 Å². The Balaban J connectivity index is 1.49. The molecular weight excluding hydrogens is 404 g/mol. The maximum atomic E-state index is 12.4. The number of nitrogens with one attached hydrogen (secondary N) is 1. The summed E-state index contributed by atoms with van der Waals surface area (Å²) in [6.45, 7) is 7.69. The average molecular weight is 425 g/mol. The maximum absolute atomic E-state index is 12.4. The van der Waals surface area contributed by atoms with Crippen LogP contribution in [0.5, 0.6) is 0 Å². The van der Waals surface area contributed by atoms with Gasteiger partial charge in [0.15, 0.2) is 9.99 Å². The number of rotatable bonds is 7. The van der Waals surface area contributed by atoms with Crippen molar-refractivity contribution in [3.63, 3.8) is 0 Å². The summed E-state index contributed by atoms with van der Waals surface area (Å²) in [5.41, 5.74) is 4.74. The zero-order valence-electron chi connectivity index (χ0n) is 16.2. The number of anilines is 1. The zero-order chi connectivity index (χ0) is 20.4. The van der Waals surface area contributed by atoms with Crippen molar-refractivity contribution in [2.75, 3.05) is 11.1 Å². The molecule has 1 aromatic carbocycles. The van der Waals surface area contributed by atoms with E-state index >= 15 is 0 Å². The fourth-order valence-corrected chi connectivity index (χ4v) is 4.74. The summed E-state index contributed by atoms with van der Waals surface area (Å²) in [6.07, 6.45) is 2.73. The number of carbonyl (C=O) groups is 1. The molecule has 0 fully saturated rings. The molecule has 0 aliphatic heterocycles. The molecule has 1 N–H and O–H groups in total. The van der Waals surface area contributed by atoms with E-state index in [0.717, 1.165) is 43.6 Å². The molecule has 3 aromatic heterocycles. The average Bonchev–Trinajstić information content (AvgIpc) is 3.31. The highest BCUT2D eigenvalue weighted by atomic mass is 32.2. The lowest BCUT2D eigenvalue weighted by atomic mass is 10.1. The number of benzene rings is 1. The third kappa shape index (κ3) is 4.01. The fraction of sp³-hybridized carbons (Fsp3) is 0.250. The highest BCUT2D eigenvalue weighted by Crippen LogP contribution is 2.26. The van der Waals surface area contributed by atoms with E-state index in [1.165, 1.54) is 11.3 Å². The second kappa shape index (κ2) is 8.30. The first-order chi connectivity index (χ1) is 14.1. The molecule has 4 rings (SSSR count). The number of hydrogen-bond acceptors (Lipinski definition) is 7. The van der Waals surface area contributed by atoms with E-state index in [2.05, 4.69) is 27.2 Å². The van der Waals surface area contributed by atoms with Crippen molar-refractivity contribution in [3.05, 3.63) is 53.9 Å². The van der Waals surface area contributed by atoms with Gasteiger partial charge in [-0.15, -0.1) is 16.8 Å². The monoisotopic (exact) mass is 424 g/mol. The number of carbonyl (C=O) groups excluding carboxylic acids is 1. The van der Waals surface area contributed by atoms with Crippen molar-refractivity contribution in [1.82, 2.24) is 24.8 Å². The number of amides is 1. The summed E-state index contributed by atoms with van der Waals surface area (Å²) in [5, 5.41) is 17.1. The standard InChI is InChI=1S/C20H20N6OS2/c1-4-11-28-20-24-23-19(29-20)22-17(27)10-9-14-12(2)21-18-15-7-5-6-8-16(15)25-26(18)13(14)3/h4-8H,1,9-11H2,2-3H3,(H,22,23,27). The van der Waals surface area contributed by atoms with Crippen LogP contribution >= 0.6 is 23.1 Å². The molecule has 0 spiro atoms. The Bertz CT molecular complexity index is 1210. The quantitative estimate of drug-likeness (QED) is 0.272.